The fraction of sp³-hybridized carbons (Fsp3) is 0.222. The van der Waals surface area contributed by atoms with Gasteiger partial charge in [0.1, 0.15) is 11.7 Å². The van der Waals surface area contributed by atoms with E-state index in [4.69, 9.17) is 17.0 Å². The van der Waals surface area contributed by atoms with Gasteiger partial charge in [-0.25, -0.2) is 0 Å². The van der Waals surface area contributed by atoms with E-state index in [1.807, 2.05) is 67.6 Å². The lowest BCUT2D eigenvalue weighted by Gasteiger charge is -2.26. The Balaban J connectivity index is 2.04. The second-order valence-corrected chi connectivity index (χ2v) is 6.78. The summed E-state index contributed by atoms with van der Waals surface area (Å²) in [5.41, 5.74) is 0.703. The molecule has 114 valence electrons. The second-order valence-electron chi connectivity index (χ2n) is 5.02. The van der Waals surface area contributed by atoms with Crippen LogP contribution in [0.2, 0.25) is 0 Å². The van der Waals surface area contributed by atoms with Crippen molar-refractivity contribution in [1.29, 1.82) is 0 Å². The number of carbonyl (C=O) groups excluding carboxylic acids is 1. The lowest BCUT2D eigenvalue weighted by atomic mass is 9.96. The van der Waals surface area contributed by atoms with Crippen LogP contribution in [0.15, 0.2) is 60.7 Å². The van der Waals surface area contributed by atoms with Gasteiger partial charge in [0.25, 0.3) is 0 Å². The predicted molar refractivity (Wildman–Crippen MR) is 97.0 cm³/mol. The highest BCUT2D eigenvalue weighted by Gasteiger charge is 2.33. The third-order valence-electron chi connectivity index (χ3n) is 3.34. The molecule has 0 radical (unpaired) electrons. The van der Waals surface area contributed by atoms with Gasteiger partial charge in [-0.15, -0.1) is 11.8 Å². The lowest BCUT2D eigenvalue weighted by Crippen LogP contribution is -2.33. The maximum Gasteiger partial charge on any atom is 0.179 e. The highest BCUT2D eigenvalue weighted by molar-refractivity contribution is 8.01. The number of thioether (sulfide) groups is 1. The van der Waals surface area contributed by atoms with Crippen molar-refractivity contribution < 1.29 is 9.53 Å². The number of para-hydroxylation sites is 1. The van der Waals surface area contributed by atoms with Crippen LogP contribution >= 0.6 is 24.0 Å². The van der Waals surface area contributed by atoms with E-state index in [1.165, 1.54) is 11.8 Å². The molecule has 2 rings (SSSR count). The van der Waals surface area contributed by atoms with Crippen LogP contribution in [0.1, 0.15) is 23.7 Å². The second kappa shape index (κ2) is 8.11. The number of hydrogen-bond acceptors (Lipinski definition) is 4. The zero-order valence-corrected chi connectivity index (χ0v) is 14.0. The molecule has 4 heteroatoms. The van der Waals surface area contributed by atoms with E-state index in [2.05, 4.69) is 0 Å². The maximum atomic E-state index is 12.8. The van der Waals surface area contributed by atoms with E-state index in [1.54, 1.807) is 5.37 Å². The van der Waals surface area contributed by atoms with Crippen molar-refractivity contribution >= 4 is 35.1 Å². The lowest BCUT2D eigenvalue weighted by molar-refractivity contribution is 0.0953. The molecule has 0 bridgehead atoms. The average molecular weight is 330 g/mol. The van der Waals surface area contributed by atoms with Crippen LogP contribution in [0, 0.1) is 0 Å². The summed E-state index contributed by atoms with van der Waals surface area (Å²) in [5, 5.41) is 1.62. The first-order valence-electron chi connectivity index (χ1n) is 7.01. The normalized spacial score (nSPS) is 13.1. The minimum absolute atomic E-state index is 0.0795. The molecule has 2 aromatic carbocycles. The monoisotopic (exact) mass is 330 g/mol. The average Bonchev–Trinajstić information content (AvgIpc) is 2.56. The van der Waals surface area contributed by atoms with Gasteiger partial charge in [-0.3, -0.25) is 4.79 Å². The van der Waals surface area contributed by atoms with Crippen LogP contribution in [-0.4, -0.2) is 21.8 Å². The van der Waals surface area contributed by atoms with Crippen molar-refractivity contribution in [3.05, 3.63) is 66.2 Å². The number of Topliss-reactive ketones (excluding diaryl/α,β-unsaturated/α-hetero) is 1. The van der Waals surface area contributed by atoms with Gasteiger partial charge in [0.05, 0.1) is 4.75 Å². The van der Waals surface area contributed by atoms with Gasteiger partial charge in [-0.05, 0) is 30.8 Å². The molecule has 0 saturated heterocycles. The zero-order valence-electron chi connectivity index (χ0n) is 12.4. The highest BCUT2D eigenvalue weighted by Crippen LogP contribution is 2.32. The third kappa shape index (κ3) is 4.42. The van der Waals surface area contributed by atoms with Crippen molar-refractivity contribution in [3.8, 4) is 5.75 Å². The van der Waals surface area contributed by atoms with Gasteiger partial charge in [-0.1, -0.05) is 60.7 Å². The summed E-state index contributed by atoms with van der Waals surface area (Å²) >= 11 is 6.46. The summed E-state index contributed by atoms with van der Waals surface area (Å²) < 4.78 is 5.08. The number of rotatable bonds is 8. The number of hydrogen-bond donors (Lipinski definition) is 0. The number of ether oxygens (including phenoxy) is 1. The van der Waals surface area contributed by atoms with Crippen LogP contribution in [0.4, 0.5) is 0 Å². The molecule has 0 saturated carbocycles. The first kappa shape index (κ1) is 16.7. The Morgan fingerprint density at radius 1 is 1.14 bits per heavy atom. The standard InChI is InChI=1S/C18H18O2S2/c1-18(12-13-21,17(19)15-8-4-2-5-9-15)22-14-20-16-10-6-3-7-11-16/h2-11,13H,12,14H2,1H3. The summed E-state index contributed by atoms with van der Waals surface area (Å²) in [6, 6.07) is 18.9. The van der Waals surface area contributed by atoms with E-state index in [0.29, 0.717) is 17.9 Å². The fourth-order valence-electron chi connectivity index (χ4n) is 2.02. The molecule has 2 nitrogen and oxygen atoms in total. The van der Waals surface area contributed by atoms with Gasteiger partial charge in [-0.2, -0.15) is 0 Å². The molecule has 22 heavy (non-hydrogen) atoms. The molecule has 0 aliphatic rings. The zero-order chi connectivity index (χ0) is 15.8. The first-order chi connectivity index (χ1) is 10.7. The Kier molecular flexibility index (Phi) is 6.16. The van der Waals surface area contributed by atoms with Gasteiger partial charge in [0.2, 0.25) is 0 Å². The Hall–Kier alpha value is -1.65. The van der Waals surface area contributed by atoms with E-state index in [-0.39, 0.29) is 5.78 Å². The molecule has 0 amide bonds. The maximum absolute atomic E-state index is 12.8. The number of carbonyl (C=O) groups is 1. The molecule has 0 fully saturated rings. The Morgan fingerprint density at radius 2 is 1.73 bits per heavy atom. The van der Waals surface area contributed by atoms with E-state index >= 15 is 0 Å². The number of thiocarbonyl (C=S) groups is 1. The molecule has 0 spiro atoms. The molecule has 0 N–H and O–H groups in total. The Labute approximate surface area is 140 Å². The van der Waals surface area contributed by atoms with Gasteiger partial charge in [0, 0.05) is 5.56 Å². The van der Waals surface area contributed by atoms with Crippen LogP contribution in [0.25, 0.3) is 0 Å². The van der Waals surface area contributed by atoms with Crippen molar-refractivity contribution in [2.75, 3.05) is 5.94 Å². The van der Waals surface area contributed by atoms with Crippen molar-refractivity contribution in [1.82, 2.24) is 0 Å². The molecular weight excluding hydrogens is 312 g/mol. The number of ketones is 1. The molecule has 1 atom stereocenters. The van der Waals surface area contributed by atoms with Gasteiger partial charge >= 0.3 is 0 Å². The van der Waals surface area contributed by atoms with Crippen molar-refractivity contribution in [2.45, 2.75) is 18.1 Å². The summed E-state index contributed by atoms with van der Waals surface area (Å²) in [6.45, 7) is 1.92. The quantitative estimate of drug-likeness (QED) is 0.395. The van der Waals surface area contributed by atoms with Crippen LogP contribution < -0.4 is 4.74 Å². The molecular formula is C18H18O2S2. The molecule has 1 unspecified atom stereocenters. The van der Waals surface area contributed by atoms with E-state index in [0.717, 1.165) is 5.75 Å². The smallest absolute Gasteiger partial charge is 0.179 e. The SMILES string of the molecule is CC(CC=S)(SCOc1ccccc1)C(=O)c1ccccc1. The topological polar surface area (TPSA) is 26.3 Å². The van der Waals surface area contributed by atoms with Crippen molar-refractivity contribution in [2.24, 2.45) is 0 Å². The summed E-state index contributed by atoms with van der Waals surface area (Å²) in [6.07, 6.45) is 0.527. The number of benzene rings is 2. The Morgan fingerprint density at radius 3 is 2.32 bits per heavy atom. The van der Waals surface area contributed by atoms with Crippen LogP contribution in [-0.2, 0) is 0 Å². The predicted octanol–water partition coefficient (Wildman–Crippen LogP) is 4.79. The molecule has 0 aliphatic heterocycles. The Bertz CT molecular complexity index is 613. The van der Waals surface area contributed by atoms with Gasteiger partial charge in [0.15, 0.2) is 5.78 Å². The fourth-order valence-corrected chi connectivity index (χ4v) is 3.36. The largest absolute Gasteiger partial charge is 0.483 e. The summed E-state index contributed by atoms with van der Waals surface area (Å²) in [5.74, 6) is 1.28. The van der Waals surface area contributed by atoms with E-state index < -0.39 is 4.75 Å². The third-order valence-corrected chi connectivity index (χ3v) is 4.73. The minimum Gasteiger partial charge on any atom is -0.483 e. The molecule has 0 heterocycles. The molecule has 0 aliphatic carbocycles. The van der Waals surface area contributed by atoms with Crippen LogP contribution in [0.5, 0.6) is 5.75 Å². The molecule has 0 aromatic heterocycles. The highest BCUT2D eigenvalue weighted by atomic mass is 32.2. The van der Waals surface area contributed by atoms with E-state index in [9.17, 15) is 4.79 Å². The molecule has 2 aromatic rings. The summed E-state index contributed by atoms with van der Waals surface area (Å²) in [4.78, 5) is 12.8. The van der Waals surface area contributed by atoms with Crippen LogP contribution in [0.3, 0.4) is 0 Å². The first-order valence-corrected chi connectivity index (χ1v) is 8.47. The minimum atomic E-state index is -0.613. The van der Waals surface area contributed by atoms with Gasteiger partial charge < -0.3 is 4.74 Å². The van der Waals surface area contributed by atoms with Crippen molar-refractivity contribution in [3.63, 3.8) is 0 Å². The summed E-state index contributed by atoms with van der Waals surface area (Å²) in [7, 11) is 0.